The molecule has 1 fully saturated rings. The minimum atomic E-state index is -0.698. The van der Waals surface area contributed by atoms with E-state index in [1.54, 1.807) is 0 Å². The molecule has 0 bridgehead atoms. The first-order valence-corrected chi connectivity index (χ1v) is 9.21. The van der Waals surface area contributed by atoms with Crippen molar-refractivity contribution < 1.29 is 9.90 Å². The van der Waals surface area contributed by atoms with Crippen molar-refractivity contribution >= 4 is 11.8 Å². The Balaban J connectivity index is 1.35. The Morgan fingerprint density at radius 3 is 3.00 bits per heavy atom. The van der Waals surface area contributed by atoms with Gasteiger partial charge in [-0.3, -0.25) is 4.79 Å². The maximum absolute atomic E-state index is 10.6. The molecule has 0 saturated carbocycles. The van der Waals surface area contributed by atoms with Crippen LogP contribution in [-0.4, -0.2) is 47.1 Å². The first-order valence-electron chi connectivity index (χ1n) is 9.21. The first-order chi connectivity index (χ1) is 11.5. The maximum atomic E-state index is 10.6. The molecule has 1 saturated heterocycles. The fourth-order valence-electron chi connectivity index (χ4n) is 3.97. The SMILES string of the molecule is CC1(CCCCc2ccc3c(n2)NCCC3)CN(CCC(=O)O)C1. The van der Waals surface area contributed by atoms with Gasteiger partial charge in [-0.1, -0.05) is 19.4 Å². The number of aliphatic carboxylic acids is 1. The van der Waals surface area contributed by atoms with Crippen molar-refractivity contribution in [2.45, 2.75) is 51.9 Å². The number of nitrogens with zero attached hydrogens (tertiary/aromatic N) is 2. The van der Waals surface area contributed by atoms with E-state index in [1.165, 1.54) is 36.9 Å². The number of carbonyl (C=O) groups is 1. The minimum Gasteiger partial charge on any atom is -0.481 e. The third-order valence-electron chi connectivity index (χ3n) is 5.27. The van der Waals surface area contributed by atoms with Gasteiger partial charge in [0, 0.05) is 31.9 Å². The van der Waals surface area contributed by atoms with Crippen LogP contribution in [0.25, 0.3) is 0 Å². The predicted octanol–water partition coefficient (Wildman–Crippen LogP) is 2.95. The zero-order valence-corrected chi connectivity index (χ0v) is 14.7. The number of anilines is 1. The van der Waals surface area contributed by atoms with E-state index in [-0.39, 0.29) is 6.42 Å². The number of likely N-dealkylation sites (tertiary alicyclic amines) is 1. The van der Waals surface area contributed by atoms with Gasteiger partial charge in [-0.25, -0.2) is 4.98 Å². The van der Waals surface area contributed by atoms with E-state index in [2.05, 4.69) is 29.3 Å². The third-order valence-corrected chi connectivity index (χ3v) is 5.27. The highest BCUT2D eigenvalue weighted by molar-refractivity contribution is 5.66. The van der Waals surface area contributed by atoms with Crippen LogP contribution in [0.15, 0.2) is 12.1 Å². The molecule has 2 N–H and O–H groups in total. The van der Waals surface area contributed by atoms with Crippen LogP contribution < -0.4 is 5.32 Å². The number of fused-ring (bicyclic) bond motifs is 1. The largest absolute Gasteiger partial charge is 0.481 e. The Labute approximate surface area is 144 Å². The van der Waals surface area contributed by atoms with Gasteiger partial charge < -0.3 is 15.3 Å². The van der Waals surface area contributed by atoms with Gasteiger partial charge in [-0.05, 0) is 49.1 Å². The Hall–Kier alpha value is -1.62. The summed E-state index contributed by atoms with van der Waals surface area (Å²) in [4.78, 5) is 17.6. The lowest BCUT2D eigenvalue weighted by molar-refractivity contribution is -0.138. The lowest BCUT2D eigenvalue weighted by Gasteiger charge is -2.48. The van der Waals surface area contributed by atoms with E-state index in [1.807, 2.05) is 0 Å². The molecule has 1 aromatic rings. The monoisotopic (exact) mass is 331 g/mol. The van der Waals surface area contributed by atoms with E-state index in [0.29, 0.717) is 12.0 Å². The summed E-state index contributed by atoms with van der Waals surface area (Å²) in [6, 6.07) is 4.42. The Kier molecular flexibility index (Phi) is 5.39. The molecule has 3 rings (SSSR count). The summed E-state index contributed by atoms with van der Waals surface area (Å²) in [7, 11) is 0. The average Bonchev–Trinajstić information content (AvgIpc) is 2.54. The highest BCUT2D eigenvalue weighted by Gasteiger charge is 2.37. The number of aromatic nitrogens is 1. The number of nitrogens with one attached hydrogen (secondary N) is 1. The zero-order chi connectivity index (χ0) is 17.0. The molecule has 0 aliphatic carbocycles. The van der Waals surface area contributed by atoms with Crippen LogP contribution in [0.1, 0.15) is 50.3 Å². The van der Waals surface area contributed by atoms with E-state index in [9.17, 15) is 4.79 Å². The van der Waals surface area contributed by atoms with E-state index < -0.39 is 5.97 Å². The number of carboxylic acid groups (broad SMARTS) is 1. The molecule has 1 aromatic heterocycles. The van der Waals surface area contributed by atoms with Gasteiger partial charge in [-0.15, -0.1) is 0 Å². The zero-order valence-electron chi connectivity index (χ0n) is 14.7. The smallest absolute Gasteiger partial charge is 0.304 e. The summed E-state index contributed by atoms with van der Waals surface area (Å²) in [6.45, 7) is 6.14. The molecule has 0 unspecified atom stereocenters. The topological polar surface area (TPSA) is 65.5 Å². The van der Waals surface area contributed by atoms with Gasteiger partial charge >= 0.3 is 5.97 Å². The second-order valence-corrected chi connectivity index (χ2v) is 7.71. The summed E-state index contributed by atoms with van der Waals surface area (Å²) in [6.07, 6.45) is 7.27. The fourth-order valence-corrected chi connectivity index (χ4v) is 3.97. The molecule has 0 aromatic carbocycles. The lowest BCUT2D eigenvalue weighted by Crippen LogP contribution is -2.54. The molecule has 0 spiro atoms. The van der Waals surface area contributed by atoms with Crippen molar-refractivity contribution in [2.24, 2.45) is 5.41 Å². The number of pyridine rings is 1. The van der Waals surface area contributed by atoms with Gasteiger partial charge in [0.05, 0.1) is 6.42 Å². The molecule has 0 atom stereocenters. The summed E-state index contributed by atoms with van der Waals surface area (Å²) in [5.41, 5.74) is 2.93. The molecular weight excluding hydrogens is 302 g/mol. The molecule has 0 amide bonds. The van der Waals surface area contributed by atoms with E-state index in [4.69, 9.17) is 10.1 Å². The van der Waals surface area contributed by atoms with Crippen LogP contribution in [0.5, 0.6) is 0 Å². The lowest BCUT2D eigenvalue weighted by atomic mass is 9.77. The van der Waals surface area contributed by atoms with Crippen LogP contribution in [0.4, 0.5) is 5.82 Å². The number of aryl methyl sites for hydroxylation is 2. The molecule has 3 heterocycles. The van der Waals surface area contributed by atoms with Crippen LogP contribution >= 0.6 is 0 Å². The maximum Gasteiger partial charge on any atom is 0.304 e. The Morgan fingerprint density at radius 1 is 1.38 bits per heavy atom. The second-order valence-electron chi connectivity index (χ2n) is 7.71. The van der Waals surface area contributed by atoms with Gasteiger partial charge in [0.25, 0.3) is 0 Å². The van der Waals surface area contributed by atoms with Crippen molar-refractivity contribution in [1.29, 1.82) is 0 Å². The minimum absolute atomic E-state index is 0.258. The van der Waals surface area contributed by atoms with Crippen LogP contribution in [0.3, 0.4) is 0 Å². The quantitative estimate of drug-likeness (QED) is 0.717. The van der Waals surface area contributed by atoms with E-state index in [0.717, 1.165) is 38.3 Å². The van der Waals surface area contributed by atoms with Gasteiger partial charge in [-0.2, -0.15) is 0 Å². The molecular formula is C19H29N3O2. The second kappa shape index (κ2) is 7.51. The predicted molar refractivity (Wildman–Crippen MR) is 95.4 cm³/mol. The van der Waals surface area contributed by atoms with Crippen LogP contribution in [-0.2, 0) is 17.6 Å². The molecule has 24 heavy (non-hydrogen) atoms. The average molecular weight is 331 g/mol. The van der Waals surface area contributed by atoms with Crippen molar-refractivity contribution in [3.8, 4) is 0 Å². The summed E-state index contributed by atoms with van der Waals surface area (Å²) >= 11 is 0. The molecule has 5 nitrogen and oxygen atoms in total. The van der Waals surface area contributed by atoms with Gasteiger partial charge in [0.1, 0.15) is 5.82 Å². The van der Waals surface area contributed by atoms with Crippen molar-refractivity contribution in [3.05, 3.63) is 23.4 Å². The standard InChI is InChI=1S/C19H29N3O2/c1-19(13-22(14-19)12-9-17(23)24)10-3-2-6-16-8-7-15-5-4-11-20-18(15)21-16/h7-8H,2-6,9-14H2,1H3,(H,20,21)(H,23,24). The van der Waals surface area contributed by atoms with Crippen LogP contribution in [0.2, 0.25) is 0 Å². The molecule has 2 aliphatic heterocycles. The number of hydrogen-bond acceptors (Lipinski definition) is 4. The third kappa shape index (κ3) is 4.47. The fraction of sp³-hybridized carbons (Fsp3) is 0.684. The molecule has 0 radical (unpaired) electrons. The summed E-state index contributed by atoms with van der Waals surface area (Å²) in [5, 5.41) is 12.1. The molecule has 2 aliphatic rings. The summed E-state index contributed by atoms with van der Waals surface area (Å²) < 4.78 is 0. The first kappa shape index (κ1) is 17.2. The van der Waals surface area contributed by atoms with Crippen molar-refractivity contribution in [1.82, 2.24) is 9.88 Å². The number of carboxylic acids is 1. The Morgan fingerprint density at radius 2 is 2.21 bits per heavy atom. The van der Waals surface area contributed by atoms with Crippen molar-refractivity contribution in [3.63, 3.8) is 0 Å². The Bertz CT molecular complexity index is 582. The number of rotatable bonds is 8. The number of hydrogen-bond donors (Lipinski definition) is 2. The van der Waals surface area contributed by atoms with Gasteiger partial charge in [0.2, 0.25) is 0 Å². The van der Waals surface area contributed by atoms with Crippen LogP contribution in [0, 0.1) is 5.41 Å². The highest BCUT2D eigenvalue weighted by atomic mass is 16.4. The van der Waals surface area contributed by atoms with Gasteiger partial charge in [0.15, 0.2) is 0 Å². The molecule has 132 valence electrons. The highest BCUT2D eigenvalue weighted by Crippen LogP contribution is 2.35. The van der Waals surface area contributed by atoms with Crippen molar-refractivity contribution in [2.75, 3.05) is 31.5 Å². The van der Waals surface area contributed by atoms with E-state index >= 15 is 0 Å². The number of unbranched alkanes of at least 4 members (excludes halogenated alkanes) is 1. The summed E-state index contributed by atoms with van der Waals surface area (Å²) in [5.74, 6) is 0.398. The normalized spacial score (nSPS) is 19.2. The molecule has 5 heteroatoms.